The molecule has 10 nitrogen and oxygen atoms in total. The summed E-state index contributed by atoms with van der Waals surface area (Å²) in [6.45, 7) is 4.65. The number of nitrogens with one attached hydrogen (secondary N) is 2. The normalized spacial score (nSPS) is 14.8. The van der Waals surface area contributed by atoms with Gasteiger partial charge in [-0.05, 0) is 71.8 Å². The molecule has 3 aromatic rings. The number of hydrogen-bond acceptors (Lipinski definition) is 7. The molecule has 2 heterocycles. The van der Waals surface area contributed by atoms with Crippen molar-refractivity contribution in [2.45, 2.75) is 36.8 Å². The number of pyridine rings is 1. The van der Waals surface area contributed by atoms with Crippen LogP contribution in [0, 0.1) is 17.8 Å². The molecule has 1 amide bonds. The van der Waals surface area contributed by atoms with Gasteiger partial charge in [-0.3, -0.25) is 14.6 Å². The zero-order valence-corrected chi connectivity index (χ0v) is 26.5. The number of aliphatic carboxylic acids is 1. The summed E-state index contributed by atoms with van der Waals surface area (Å²) in [6, 6.07) is 15.2. The van der Waals surface area contributed by atoms with Crippen molar-refractivity contribution in [3.8, 4) is 11.8 Å². The lowest BCUT2D eigenvalue weighted by molar-refractivity contribution is -0.140. The van der Waals surface area contributed by atoms with Crippen LogP contribution in [0.1, 0.15) is 41.0 Å². The average molecular weight is 676 g/mol. The van der Waals surface area contributed by atoms with Gasteiger partial charge in [-0.1, -0.05) is 37.8 Å². The first-order valence-corrected chi connectivity index (χ1v) is 16.4. The van der Waals surface area contributed by atoms with Gasteiger partial charge >= 0.3 is 11.5 Å². The molecule has 1 fully saturated rings. The fourth-order valence-corrected chi connectivity index (χ4v) is 6.53. The molecule has 3 N–H and O–H groups in total. The van der Waals surface area contributed by atoms with E-state index in [-0.39, 0.29) is 42.0 Å². The molecule has 1 atom stereocenters. The highest BCUT2D eigenvalue weighted by molar-refractivity contribution is 8.00. The standard InChI is InChI=1S/C31H32F3N5O5S2/c1-21(2)28(30(41)42)37-46(43,44)39-17-15-38(16-18-39)25-9-5-22(6-10-25)3-4-23-13-14-35-27(19-23)29(40)36-20-24-7-11-26(12-8-24)45-31(32,33)34/h5-14,19,21,28,37H,15-18,20H2,1-2H3,(H,36,40)(H,41,42)/t28-/m1/s1. The number of thioether (sulfide) groups is 1. The third kappa shape index (κ3) is 9.95. The summed E-state index contributed by atoms with van der Waals surface area (Å²) in [7, 11) is -3.95. The van der Waals surface area contributed by atoms with Crippen LogP contribution in [-0.2, 0) is 21.5 Å². The SMILES string of the molecule is CC(C)[C@@H](NS(=O)(=O)N1CCN(c2ccc(C#Cc3ccnc(C(=O)NCc4ccc(SC(F)(F)F)cc4)c3)cc2)CC1)C(=O)O. The van der Waals surface area contributed by atoms with Gasteiger partial charge in [0.25, 0.3) is 16.1 Å². The van der Waals surface area contributed by atoms with Crippen molar-refractivity contribution in [3.63, 3.8) is 0 Å². The van der Waals surface area contributed by atoms with E-state index < -0.39 is 39.6 Å². The Balaban J connectivity index is 1.30. The van der Waals surface area contributed by atoms with E-state index in [4.69, 9.17) is 0 Å². The van der Waals surface area contributed by atoms with E-state index in [1.807, 2.05) is 29.2 Å². The largest absolute Gasteiger partial charge is 0.480 e. The second-order valence-corrected chi connectivity index (χ2v) is 13.5. The predicted octanol–water partition coefficient (Wildman–Crippen LogP) is 4.09. The molecule has 0 spiro atoms. The topological polar surface area (TPSA) is 132 Å². The van der Waals surface area contributed by atoms with Crippen molar-refractivity contribution in [3.05, 3.63) is 89.2 Å². The molecule has 0 unspecified atom stereocenters. The summed E-state index contributed by atoms with van der Waals surface area (Å²) >= 11 is -0.202. The number of benzene rings is 2. The molecule has 0 bridgehead atoms. The number of aromatic nitrogens is 1. The van der Waals surface area contributed by atoms with Gasteiger partial charge in [-0.25, -0.2) is 0 Å². The number of carboxylic acid groups (broad SMARTS) is 1. The first-order valence-electron chi connectivity index (χ1n) is 14.2. The summed E-state index contributed by atoms with van der Waals surface area (Å²) in [5, 5.41) is 12.0. The quantitative estimate of drug-likeness (QED) is 0.217. The van der Waals surface area contributed by atoms with Crippen LogP contribution >= 0.6 is 11.8 Å². The van der Waals surface area contributed by atoms with E-state index in [0.717, 1.165) is 11.3 Å². The Morgan fingerprint density at radius 3 is 2.20 bits per heavy atom. The summed E-state index contributed by atoms with van der Waals surface area (Å²) < 4.78 is 66.6. The number of hydrogen-bond donors (Lipinski definition) is 3. The Bertz CT molecular complexity index is 1700. The van der Waals surface area contributed by atoms with Crippen LogP contribution in [-0.4, -0.2) is 72.4 Å². The molecule has 1 aliphatic rings. The lowest BCUT2D eigenvalue weighted by Gasteiger charge is -2.36. The Labute approximate surface area is 269 Å². The fourth-order valence-electron chi connectivity index (χ4n) is 4.51. The maximum absolute atomic E-state index is 12.7. The molecule has 15 heteroatoms. The second-order valence-electron chi connectivity index (χ2n) is 10.7. The highest BCUT2D eigenvalue weighted by Gasteiger charge is 2.33. The van der Waals surface area contributed by atoms with Gasteiger partial charge < -0.3 is 15.3 Å². The fraction of sp³-hybridized carbons (Fsp3) is 0.323. The molecule has 0 aliphatic carbocycles. The van der Waals surface area contributed by atoms with E-state index in [0.29, 0.717) is 24.2 Å². The Morgan fingerprint density at radius 1 is 0.978 bits per heavy atom. The van der Waals surface area contributed by atoms with E-state index in [1.54, 1.807) is 26.0 Å². The molecule has 244 valence electrons. The molecule has 1 saturated heterocycles. The van der Waals surface area contributed by atoms with Crippen molar-refractivity contribution in [1.82, 2.24) is 19.3 Å². The summed E-state index contributed by atoms with van der Waals surface area (Å²) in [5.41, 5.74) is -1.42. The third-order valence-corrected chi connectivity index (χ3v) is 9.31. The van der Waals surface area contributed by atoms with Crippen LogP contribution in [0.3, 0.4) is 0 Å². The summed E-state index contributed by atoms with van der Waals surface area (Å²) in [6.07, 6.45) is 1.46. The molecule has 0 radical (unpaired) electrons. The van der Waals surface area contributed by atoms with Crippen LogP contribution in [0.5, 0.6) is 0 Å². The van der Waals surface area contributed by atoms with Crippen LogP contribution in [0.25, 0.3) is 0 Å². The molecule has 46 heavy (non-hydrogen) atoms. The van der Waals surface area contributed by atoms with Crippen molar-refractivity contribution < 1.29 is 36.3 Å². The van der Waals surface area contributed by atoms with Gasteiger partial charge in [0.1, 0.15) is 11.7 Å². The van der Waals surface area contributed by atoms with Gasteiger partial charge in [0.2, 0.25) is 0 Å². The lowest BCUT2D eigenvalue weighted by atomic mass is 10.1. The number of nitrogens with zero attached hydrogens (tertiary/aromatic N) is 3. The maximum Gasteiger partial charge on any atom is 0.446 e. The van der Waals surface area contributed by atoms with Gasteiger partial charge in [0, 0.05) is 60.6 Å². The van der Waals surface area contributed by atoms with Crippen molar-refractivity contribution >= 4 is 39.5 Å². The van der Waals surface area contributed by atoms with Crippen LogP contribution in [0.4, 0.5) is 18.9 Å². The molecule has 2 aromatic carbocycles. The number of anilines is 1. The van der Waals surface area contributed by atoms with Crippen LogP contribution < -0.4 is 14.9 Å². The van der Waals surface area contributed by atoms with Gasteiger partial charge in [0.05, 0.1) is 0 Å². The molecule has 0 saturated carbocycles. The van der Waals surface area contributed by atoms with Gasteiger partial charge in [0.15, 0.2) is 0 Å². The molecule has 1 aliphatic heterocycles. The van der Waals surface area contributed by atoms with Crippen LogP contribution in [0.15, 0.2) is 71.8 Å². The van der Waals surface area contributed by atoms with E-state index >= 15 is 0 Å². The average Bonchev–Trinajstić information content (AvgIpc) is 3.01. The van der Waals surface area contributed by atoms with E-state index in [9.17, 15) is 36.3 Å². The summed E-state index contributed by atoms with van der Waals surface area (Å²) in [4.78, 5) is 30.2. The number of carbonyl (C=O) groups excluding carboxylic acids is 1. The Morgan fingerprint density at radius 2 is 1.61 bits per heavy atom. The first-order chi connectivity index (χ1) is 21.7. The molecule has 1 aromatic heterocycles. The number of carboxylic acids is 1. The van der Waals surface area contributed by atoms with E-state index in [2.05, 4.69) is 26.9 Å². The highest BCUT2D eigenvalue weighted by Crippen LogP contribution is 2.36. The zero-order valence-electron chi connectivity index (χ0n) is 24.9. The predicted molar refractivity (Wildman–Crippen MR) is 168 cm³/mol. The monoisotopic (exact) mass is 675 g/mol. The smallest absolute Gasteiger partial charge is 0.446 e. The number of halogens is 3. The Kier molecular flexibility index (Phi) is 11.3. The number of rotatable bonds is 10. The number of alkyl halides is 3. The van der Waals surface area contributed by atoms with Gasteiger partial charge in [-0.15, -0.1) is 0 Å². The number of amides is 1. The number of carbonyl (C=O) groups is 2. The minimum absolute atomic E-state index is 0.0601. The van der Waals surface area contributed by atoms with E-state index in [1.165, 1.54) is 34.8 Å². The lowest BCUT2D eigenvalue weighted by Crippen LogP contribution is -2.55. The molecular formula is C31H32F3N5O5S2. The van der Waals surface area contributed by atoms with Crippen molar-refractivity contribution in [2.24, 2.45) is 5.92 Å². The summed E-state index contributed by atoms with van der Waals surface area (Å²) in [5.74, 6) is 3.97. The minimum Gasteiger partial charge on any atom is -0.480 e. The van der Waals surface area contributed by atoms with Gasteiger partial charge in [-0.2, -0.15) is 30.6 Å². The minimum atomic E-state index is -4.37. The van der Waals surface area contributed by atoms with Crippen LogP contribution in [0.2, 0.25) is 0 Å². The van der Waals surface area contributed by atoms with Crippen molar-refractivity contribution in [1.29, 1.82) is 0 Å². The molecular weight excluding hydrogens is 643 g/mol. The second kappa shape index (κ2) is 15.0. The van der Waals surface area contributed by atoms with Crippen molar-refractivity contribution in [2.75, 3.05) is 31.1 Å². The Hall–Kier alpha value is -4.10. The highest BCUT2D eigenvalue weighted by atomic mass is 32.2. The third-order valence-electron chi connectivity index (χ3n) is 6.97. The number of piperazine rings is 1. The maximum atomic E-state index is 12.7. The first kappa shape index (κ1) is 34.8. The zero-order chi connectivity index (χ0) is 33.5. The molecule has 4 rings (SSSR count).